The highest BCUT2D eigenvalue weighted by Crippen LogP contribution is 2.51. The molecule has 2 aliphatic rings. The minimum atomic E-state index is -3.79. The number of para-hydroxylation sites is 1. The number of fused-ring (bicyclic) bond motifs is 3. The quantitative estimate of drug-likeness (QED) is 0.760. The van der Waals surface area contributed by atoms with Gasteiger partial charge < -0.3 is 10.5 Å². The van der Waals surface area contributed by atoms with Gasteiger partial charge in [0.1, 0.15) is 11.9 Å². The molecule has 1 fully saturated rings. The normalized spacial score (nSPS) is 29.2. The van der Waals surface area contributed by atoms with Crippen molar-refractivity contribution in [3.63, 3.8) is 0 Å². The zero-order valence-electron chi connectivity index (χ0n) is 11.7. The average Bonchev–Trinajstić information content (AvgIpc) is 3.01. The number of hydrogen-bond donors (Lipinski definition) is 2. The third-order valence-electron chi connectivity index (χ3n) is 4.29. The SMILES string of the molecule is C#CCNS(=O)(=O)C1C(C(N)=O)CC2Oc3ccccc3C21. The number of rotatable bonds is 4. The Labute approximate surface area is 129 Å². The second-order valence-electron chi connectivity index (χ2n) is 5.50. The number of primary amides is 1. The number of sulfonamides is 1. The Bertz CT molecular complexity index is 753. The van der Waals surface area contributed by atoms with Crippen LogP contribution >= 0.6 is 0 Å². The number of nitrogens with one attached hydrogen (secondary N) is 1. The van der Waals surface area contributed by atoms with Crippen molar-refractivity contribution in [3.8, 4) is 18.1 Å². The first kappa shape index (κ1) is 14.9. The third kappa shape index (κ3) is 2.25. The lowest BCUT2D eigenvalue weighted by molar-refractivity contribution is -0.121. The molecule has 1 aromatic rings. The van der Waals surface area contributed by atoms with Crippen molar-refractivity contribution in [1.29, 1.82) is 0 Å². The Kier molecular flexibility index (Phi) is 3.59. The summed E-state index contributed by atoms with van der Waals surface area (Å²) in [6.07, 6.45) is 5.05. The average molecular weight is 320 g/mol. The molecule has 22 heavy (non-hydrogen) atoms. The molecule has 1 heterocycles. The molecule has 1 aliphatic carbocycles. The molecular formula is C15H16N2O4S. The summed E-state index contributed by atoms with van der Waals surface area (Å²) in [5.41, 5.74) is 6.21. The van der Waals surface area contributed by atoms with Crippen LogP contribution in [0.2, 0.25) is 0 Å². The Morgan fingerprint density at radius 1 is 1.45 bits per heavy atom. The maximum absolute atomic E-state index is 12.6. The molecule has 4 atom stereocenters. The largest absolute Gasteiger partial charge is 0.489 e. The van der Waals surface area contributed by atoms with E-state index in [0.717, 1.165) is 5.56 Å². The molecule has 0 saturated heterocycles. The van der Waals surface area contributed by atoms with Gasteiger partial charge in [-0.15, -0.1) is 6.42 Å². The zero-order chi connectivity index (χ0) is 15.9. The number of nitrogens with two attached hydrogens (primary N) is 1. The van der Waals surface area contributed by atoms with Crippen molar-refractivity contribution in [2.24, 2.45) is 11.7 Å². The van der Waals surface area contributed by atoms with E-state index < -0.39 is 33.0 Å². The highest BCUT2D eigenvalue weighted by molar-refractivity contribution is 7.90. The van der Waals surface area contributed by atoms with Crippen LogP contribution in [0.25, 0.3) is 0 Å². The molecule has 1 saturated carbocycles. The Morgan fingerprint density at radius 2 is 2.18 bits per heavy atom. The number of hydrogen-bond acceptors (Lipinski definition) is 4. The van der Waals surface area contributed by atoms with Gasteiger partial charge in [0.15, 0.2) is 0 Å². The summed E-state index contributed by atoms with van der Waals surface area (Å²) in [6, 6.07) is 7.27. The Hall–Kier alpha value is -2.04. The summed E-state index contributed by atoms with van der Waals surface area (Å²) in [6.45, 7) is -0.121. The molecule has 3 rings (SSSR count). The van der Waals surface area contributed by atoms with Gasteiger partial charge >= 0.3 is 0 Å². The van der Waals surface area contributed by atoms with Crippen molar-refractivity contribution < 1.29 is 17.9 Å². The van der Waals surface area contributed by atoms with Crippen LogP contribution in [0.3, 0.4) is 0 Å². The zero-order valence-corrected chi connectivity index (χ0v) is 12.5. The number of benzene rings is 1. The standard InChI is InChI=1S/C15H16N2O4S/c1-2-7-17-22(19,20)14-10(15(16)18)8-12-13(14)9-5-3-4-6-11(9)21-12/h1,3-6,10,12-14,17H,7-8H2,(H2,16,18). The van der Waals surface area contributed by atoms with E-state index in [4.69, 9.17) is 16.9 Å². The van der Waals surface area contributed by atoms with Gasteiger partial charge in [-0.05, 0) is 12.5 Å². The van der Waals surface area contributed by atoms with Crippen molar-refractivity contribution in [2.45, 2.75) is 23.7 Å². The van der Waals surface area contributed by atoms with Crippen LogP contribution in [-0.2, 0) is 14.8 Å². The summed E-state index contributed by atoms with van der Waals surface area (Å²) in [4.78, 5) is 11.7. The second-order valence-corrected chi connectivity index (χ2v) is 7.42. The van der Waals surface area contributed by atoms with E-state index in [1.807, 2.05) is 18.2 Å². The van der Waals surface area contributed by atoms with Crippen LogP contribution in [0.5, 0.6) is 5.75 Å². The van der Waals surface area contributed by atoms with Gasteiger partial charge in [0.2, 0.25) is 15.9 Å². The van der Waals surface area contributed by atoms with Gasteiger partial charge in [0.05, 0.1) is 17.7 Å². The summed E-state index contributed by atoms with van der Waals surface area (Å²) < 4.78 is 33.3. The number of ether oxygens (including phenoxy) is 1. The topological polar surface area (TPSA) is 98.5 Å². The summed E-state index contributed by atoms with van der Waals surface area (Å²) in [7, 11) is -3.79. The number of terminal acetylenes is 1. The van der Waals surface area contributed by atoms with Gasteiger partial charge in [-0.25, -0.2) is 13.1 Å². The molecule has 0 spiro atoms. The van der Waals surface area contributed by atoms with Gasteiger partial charge in [-0.1, -0.05) is 24.1 Å². The highest BCUT2D eigenvalue weighted by Gasteiger charge is 2.56. The third-order valence-corrected chi connectivity index (χ3v) is 6.18. The molecule has 6 nitrogen and oxygen atoms in total. The van der Waals surface area contributed by atoms with Gasteiger partial charge in [-0.3, -0.25) is 4.79 Å². The van der Waals surface area contributed by atoms with E-state index >= 15 is 0 Å². The van der Waals surface area contributed by atoms with Gasteiger partial charge in [-0.2, -0.15) is 0 Å². The fraction of sp³-hybridized carbons (Fsp3) is 0.400. The van der Waals surface area contributed by atoms with Crippen LogP contribution in [0, 0.1) is 18.3 Å². The molecule has 116 valence electrons. The van der Waals surface area contributed by atoms with Crippen molar-refractivity contribution in [2.75, 3.05) is 6.54 Å². The molecule has 1 amide bonds. The minimum absolute atomic E-state index is 0.121. The van der Waals surface area contributed by atoms with Crippen molar-refractivity contribution >= 4 is 15.9 Å². The summed E-state index contributed by atoms with van der Waals surface area (Å²) in [5.74, 6) is 1.06. The van der Waals surface area contributed by atoms with E-state index in [1.165, 1.54) is 0 Å². The van der Waals surface area contributed by atoms with Crippen LogP contribution in [0.4, 0.5) is 0 Å². The first-order valence-corrected chi connectivity index (χ1v) is 8.47. The molecule has 7 heteroatoms. The second kappa shape index (κ2) is 5.30. The van der Waals surface area contributed by atoms with Crippen LogP contribution < -0.4 is 15.2 Å². The molecule has 4 unspecified atom stereocenters. The molecule has 0 bridgehead atoms. The maximum atomic E-state index is 12.6. The first-order chi connectivity index (χ1) is 10.5. The predicted octanol–water partition coefficient (Wildman–Crippen LogP) is -0.0424. The summed E-state index contributed by atoms with van der Waals surface area (Å²) >= 11 is 0. The van der Waals surface area contributed by atoms with E-state index in [9.17, 15) is 13.2 Å². The highest BCUT2D eigenvalue weighted by atomic mass is 32.2. The lowest BCUT2D eigenvalue weighted by Gasteiger charge is -2.22. The van der Waals surface area contributed by atoms with E-state index in [2.05, 4.69) is 10.6 Å². The molecule has 1 aromatic carbocycles. The van der Waals surface area contributed by atoms with E-state index in [0.29, 0.717) is 5.75 Å². The molecule has 0 aromatic heterocycles. The first-order valence-electron chi connectivity index (χ1n) is 6.92. The van der Waals surface area contributed by atoms with Crippen molar-refractivity contribution in [1.82, 2.24) is 4.72 Å². The number of carbonyl (C=O) groups is 1. The number of amides is 1. The van der Waals surface area contributed by atoms with Crippen molar-refractivity contribution in [3.05, 3.63) is 29.8 Å². The summed E-state index contributed by atoms with van der Waals surface area (Å²) in [5, 5.41) is -0.966. The smallest absolute Gasteiger partial charge is 0.222 e. The van der Waals surface area contributed by atoms with Gasteiger partial charge in [0.25, 0.3) is 0 Å². The monoisotopic (exact) mass is 320 g/mol. The fourth-order valence-corrected chi connectivity index (χ4v) is 5.31. The maximum Gasteiger partial charge on any atom is 0.222 e. The molecular weight excluding hydrogens is 304 g/mol. The molecule has 0 radical (unpaired) electrons. The van der Waals surface area contributed by atoms with Gasteiger partial charge in [0, 0.05) is 11.5 Å². The van der Waals surface area contributed by atoms with Crippen LogP contribution in [0.15, 0.2) is 24.3 Å². The number of carbonyl (C=O) groups excluding carboxylic acids is 1. The lowest BCUT2D eigenvalue weighted by Crippen LogP contribution is -2.43. The predicted molar refractivity (Wildman–Crippen MR) is 80.4 cm³/mol. The van der Waals surface area contributed by atoms with Crippen LogP contribution in [0.1, 0.15) is 17.9 Å². The Morgan fingerprint density at radius 3 is 2.86 bits per heavy atom. The lowest BCUT2D eigenvalue weighted by atomic mass is 9.95. The van der Waals surface area contributed by atoms with E-state index in [1.54, 1.807) is 6.07 Å². The minimum Gasteiger partial charge on any atom is -0.489 e. The van der Waals surface area contributed by atoms with Crippen LogP contribution in [-0.4, -0.2) is 32.2 Å². The van der Waals surface area contributed by atoms with E-state index in [-0.39, 0.29) is 19.1 Å². The molecule has 3 N–H and O–H groups in total. The Balaban J connectivity index is 2.04. The fourth-order valence-electron chi connectivity index (χ4n) is 3.44. The molecule has 1 aliphatic heterocycles.